The Labute approximate surface area is 104 Å². The van der Waals surface area contributed by atoms with Crippen LogP contribution in [0.5, 0.6) is 0 Å². The molecule has 0 radical (unpaired) electrons. The number of nitrogens with zero attached hydrogens (tertiary/aromatic N) is 1. The van der Waals surface area contributed by atoms with E-state index in [1.54, 1.807) is 7.05 Å². The summed E-state index contributed by atoms with van der Waals surface area (Å²) in [5.41, 5.74) is 5.43. The van der Waals surface area contributed by atoms with Gasteiger partial charge < -0.3 is 10.5 Å². The van der Waals surface area contributed by atoms with E-state index in [9.17, 15) is 8.42 Å². The molecule has 2 N–H and O–H groups in total. The van der Waals surface area contributed by atoms with Gasteiger partial charge in [0.25, 0.3) is 0 Å². The summed E-state index contributed by atoms with van der Waals surface area (Å²) in [4.78, 5) is 0. The third kappa shape index (κ3) is 4.54. The van der Waals surface area contributed by atoms with Crippen LogP contribution >= 0.6 is 0 Å². The summed E-state index contributed by atoms with van der Waals surface area (Å²) >= 11 is 0. The lowest BCUT2D eigenvalue weighted by Gasteiger charge is -2.29. The molecule has 1 saturated heterocycles. The highest BCUT2D eigenvalue weighted by Crippen LogP contribution is 2.20. The zero-order chi connectivity index (χ0) is 13.1. The third-order valence-electron chi connectivity index (χ3n) is 3.15. The molecule has 0 aliphatic carbocycles. The van der Waals surface area contributed by atoms with E-state index < -0.39 is 10.0 Å². The second-order valence-electron chi connectivity index (χ2n) is 5.63. The summed E-state index contributed by atoms with van der Waals surface area (Å²) in [6.45, 7) is 6.11. The molecule has 1 rings (SSSR count). The van der Waals surface area contributed by atoms with Gasteiger partial charge in [0.1, 0.15) is 0 Å². The number of sulfonamides is 1. The smallest absolute Gasteiger partial charge is 0.214 e. The van der Waals surface area contributed by atoms with Crippen LogP contribution < -0.4 is 5.73 Å². The van der Waals surface area contributed by atoms with Gasteiger partial charge >= 0.3 is 0 Å². The maximum atomic E-state index is 12.1. The van der Waals surface area contributed by atoms with E-state index in [4.69, 9.17) is 10.5 Å². The monoisotopic (exact) mass is 264 g/mol. The van der Waals surface area contributed by atoms with Crippen LogP contribution in [0.1, 0.15) is 20.3 Å². The van der Waals surface area contributed by atoms with Gasteiger partial charge in [-0.1, -0.05) is 13.8 Å². The largest absolute Gasteiger partial charge is 0.381 e. The number of hydrogen-bond acceptors (Lipinski definition) is 4. The molecule has 1 atom stereocenters. The van der Waals surface area contributed by atoms with Gasteiger partial charge in [0.15, 0.2) is 0 Å². The first-order chi connectivity index (χ1) is 7.77. The fourth-order valence-electron chi connectivity index (χ4n) is 1.91. The van der Waals surface area contributed by atoms with E-state index in [1.807, 2.05) is 13.8 Å². The predicted molar refractivity (Wildman–Crippen MR) is 68.2 cm³/mol. The first-order valence-electron chi connectivity index (χ1n) is 5.99. The Hall–Kier alpha value is -0.170. The van der Waals surface area contributed by atoms with Crippen molar-refractivity contribution in [1.29, 1.82) is 0 Å². The zero-order valence-corrected chi connectivity index (χ0v) is 11.8. The number of rotatable bonds is 6. The van der Waals surface area contributed by atoms with Crippen LogP contribution in [0, 0.1) is 11.3 Å². The van der Waals surface area contributed by atoms with Crippen molar-refractivity contribution < 1.29 is 13.2 Å². The van der Waals surface area contributed by atoms with E-state index in [0.717, 1.165) is 6.42 Å². The van der Waals surface area contributed by atoms with Crippen LogP contribution in [-0.2, 0) is 14.8 Å². The maximum Gasteiger partial charge on any atom is 0.214 e. The summed E-state index contributed by atoms with van der Waals surface area (Å²) < 4.78 is 30.8. The average Bonchev–Trinajstić information content (AvgIpc) is 2.69. The van der Waals surface area contributed by atoms with Crippen LogP contribution in [0.25, 0.3) is 0 Å². The summed E-state index contributed by atoms with van der Waals surface area (Å²) in [7, 11) is -1.56. The van der Waals surface area contributed by atoms with E-state index in [2.05, 4.69) is 0 Å². The number of hydrogen-bond donors (Lipinski definition) is 1. The van der Waals surface area contributed by atoms with E-state index in [0.29, 0.717) is 26.3 Å². The highest BCUT2D eigenvalue weighted by molar-refractivity contribution is 7.89. The average molecular weight is 264 g/mol. The van der Waals surface area contributed by atoms with Crippen LogP contribution in [0.4, 0.5) is 0 Å². The van der Waals surface area contributed by atoms with Crippen molar-refractivity contribution in [2.45, 2.75) is 20.3 Å². The first-order valence-corrected chi connectivity index (χ1v) is 7.59. The summed E-state index contributed by atoms with van der Waals surface area (Å²) in [5.74, 6) is 0.327. The molecule has 1 heterocycles. The van der Waals surface area contributed by atoms with Gasteiger partial charge in [-0.25, -0.2) is 12.7 Å². The fourth-order valence-corrected chi connectivity index (χ4v) is 3.56. The Kier molecular flexibility index (Phi) is 4.95. The van der Waals surface area contributed by atoms with Gasteiger partial charge in [0.05, 0.1) is 12.4 Å². The molecule has 17 heavy (non-hydrogen) atoms. The van der Waals surface area contributed by atoms with Gasteiger partial charge in [-0.3, -0.25) is 0 Å². The van der Waals surface area contributed by atoms with Crippen molar-refractivity contribution in [3.05, 3.63) is 0 Å². The van der Waals surface area contributed by atoms with Gasteiger partial charge in [0, 0.05) is 20.2 Å². The van der Waals surface area contributed by atoms with Gasteiger partial charge in [-0.2, -0.15) is 0 Å². The van der Waals surface area contributed by atoms with Gasteiger partial charge in [-0.15, -0.1) is 0 Å². The molecule has 1 aliphatic heterocycles. The molecule has 0 spiro atoms. The molecule has 0 aromatic carbocycles. The van der Waals surface area contributed by atoms with Crippen molar-refractivity contribution in [2.24, 2.45) is 17.1 Å². The number of ether oxygens (including phenoxy) is 1. The lowest BCUT2D eigenvalue weighted by Crippen LogP contribution is -2.41. The SMILES string of the molecule is CN(CC(C)(C)CN)S(=O)(=O)CC1CCOC1. The topological polar surface area (TPSA) is 72.6 Å². The second kappa shape index (κ2) is 5.65. The van der Waals surface area contributed by atoms with Gasteiger partial charge in [-0.05, 0) is 24.3 Å². The predicted octanol–water partition coefficient (Wildman–Crippen LogP) is 0.269. The van der Waals surface area contributed by atoms with Crippen molar-refractivity contribution in [2.75, 3.05) is 39.1 Å². The van der Waals surface area contributed by atoms with Gasteiger partial charge in [0.2, 0.25) is 10.0 Å². The molecular weight excluding hydrogens is 240 g/mol. The summed E-state index contributed by atoms with van der Waals surface area (Å²) in [5, 5.41) is 0. The van der Waals surface area contributed by atoms with Crippen molar-refractivity contribution in [3.8, 4) is 0 Å². The Morgan fingerprint density at radius 1 is 1.47 bits per heavy atom. The fraction of sp³-hybridized carbons (Fsp3) is 1.00. The van der Waals surface area contributed by atoms with Crippen LogP contribution in [-0.4, -0.2) is 51.8 Å². The Balaban J connectivity index is 2.56. The zero-order valence-electron chi connectivity index (χ0n) is 11.0. The van der Waals surface area contributed by atoms with E-state index in [1.165, 1.54) is 4.31 Å². The first kappa shape index (κ1) is 14.9. The molecule has 1 unspecified atom stereocenters. The lowest BCUT2D eigenvalue weighted by atomic mass is 9.94. The van der Waals surface area contributed by atoms with E-state index >= 15 is 0 Å². The highest BCUT2D eigenvalue weighted by Gasteiger charge is 2.29. The normalized spacial score (nSPS) is 22.3. The van der Waals surface area contributed by atoms with Crippen molar-refractivity contribution >= 4 is 10.0 Å². The Morgan fingerprint density at radius 2 is 2.12 bits per heavy atom. The molecule has 0 saturated carbocycles. The summed E-state index contributed by atoms with van der Waals surface area (Å²) in [6.07, 6.45) is 0.841. The minimum Gasteiger partial charge on any atom is -0.381 e. The van der Waals surface area contributed by atoms with Crippen LogP contribution in [0.2, 0.25) is 0 Å². The highest BCUT2D eigenvalue weighted by atomic mass is 32.2. The van der Waals surface area contributed by atoms with Crippen molar-refractivity contribution in [1.82, 2.24) is 4.31 Å². The maximum absolute atomic E-state index is 12.1. The Bertz CT molecular complexity index is 335. The Morgan fingerprint density at radius 3 is 2.59 bits per heavy atom. The van der Waals surface area contributed by atoms with Crippen LogP contribution in [0.15, 0.2) is 0 Å². The summed E-state index contributed by atoms with van der Waals surface area (Å²) in [6, 6.07) is 0. The second-order valence-corrected chi connectivity index (χ2v) is 7.75. The molecule has 0 bridgehead atoms. The quantitative estimate of drug-likeness (QED) is 0.747. The van der Waals surface area contributed by atoms with E-state index in [-0.39, 0.29) is 17.1 Å². The molecular formula is C11H24N2O3S. The molecule has 0 aromatic rings. The molecule has 6 heteroatoms. The molecule has 1 aliphatic rings. The lowest BCUT2D eigenvalue weighted by molar-refractivity contribution is 0.188. The van der Waals surface area contributed by atoms with Crippen LogP contribution in [0.3, 0.4) is 0 Å². The standard InChI is InChI=1S/C11H24N2O3S/c1-11(2,8-12)9-13(3)17(14,15)7-10-4-5-16-6-10/h10H,4-9,12H2,1-3H3. The molecule has 0 amide bonds. The molecule has 0 aromatic heterocycles. The van der Waals surface area contributed by atoms with Crippen molar-refractivity contribution in [3.63, 3.8) is 0 Å². The molecule has 102 valence electrons. The number of nitrogens with two attached hydrogens (primary N) is 1. The minimum atomic E-state index is -3.19. The third-order valence-corrected chi connectivity index (χ3v) is 5.12. The molecule has 1 fully saturated rings. The minimum absolute atomic E-state index is 0.142. The molecule has 5 nitrogen and oxygen atoms in total.